The molecule has 0 aliphatic rings. The summed E-state index contributed by atoms with van der Waals surface area (Å²) in [4.78, 5) is -0.327. The van der Waals surface area contributed by atoms with Gasteiger partial charge in [-0.05, 0) is 165 Å². The highest BCUT2D eigenvalue weighted by Gasteiger charge is 2.15. The predicted molar refractivity (Wildman–Crippen MR) is 253 cm³/mol. The first-order chi connectivity index (χ1) is 32.8. The average molecular weight is 994 g/mol. The minimum atomic E-state index is -4.45. The molecule has 0 saturated carbocycles. The number of hydrogen-bond donors (Lipinski definition) is 4. The molecule has 0 aliphatic heterocycles. The van der Waals surface area contributed by atoms with E-state index in [1.54, 1.807) is 60.7 Å². The smallest absolute Gasteiger partial charge is 0.425 e. The van der Waals surface area contributed by atoms with E-state index in [1.165, 1.54) is 18.2 Å². The first-order valence-electron chi connectivity index (χ1n) is 19.8. The fourth-order valence-electron chi connectivity index (χ4n) is 6.06. The Morgan fingerprint density at radius 2 is 0.971 bits per heavy atom. The minimum Gasteiger partial charge on any atom is -0.508 e. The second-order valence-electron chi connectivity index (χ2n) is 14.3. The van der Waals surface area contributed by atoms with Crippen molar-refractivity contribution in [2.24, 2.45) is 40.9 Å². The van der Waals surface area contributed by atoms with Crippen molar-refractivity contribution in [3.8, 4) is 17.2 Å². The molecule has 0 heterocycles. The van der Waals surface area contributed by atoms with Crippen LogP contribution < -0.4 is 10.1 Å². The second kappa shape index (κ2) is 23.8. The standard InChI is InChI=1S/C45H39N9O6S.2O3S/c1-27-21-34(11-19-38(27)49-47-33-12-20-39(28(2)22-33)50-51-40-7-5-6-8-44(40)61(57,58)59)48-53-42-23-30(4)43(24-29(42)3)54-52-41-18-9-31-25-32(10-17-37(31)45(41)56)46-26-60-36-15-13-35(55)14-16-36;2*1-4(2)3/h5-25,46,55-56H,26H2,1-4H3,(H,57,58,59);;. The lowest BCUT2D eigenvalue weighted by molar-refractivity contribution is 0.346. The maximum absolute atomic E-state index is 11.7. The number of benzene rings is 7. The third kappa shape index (κ3) is 15.6. The number of fused-ring (bicyclic) bond motifs is 1. The fourth-order valence-corrected chi connectivity index (χ4v) is 6.69. The van der Waals surface area contributed by atoms with Crippen molar-refractivity contribution in [2.75, 3.05) is 12.0 Å². The highest BCUT2D eigenvalue weighted by Crippen LogP contribution is 2.38. The Bertz CT molecular complexity index is 3460. The van der Waals surface area contributed by atoms with Crippen LogP contribution in [0.3, 0.4) is 0 Å². The number of aryl methyl sites for hydroxylation is 4. The molecule has 7 rings (SSSR count). The Labute approximate surface area is 397 Å². The van der Waals surface area contributed by atoms with Crippen LogP contribution in [0.4, 0.5) is 51.2 Å². The zero-order chi connectivity index (χ0) is 50.3. The summed E-state index contributed by atoms with van der Waals surface area (Å²) >= 11 is 0. The largest absolute Gasteiger partial charge is 0.508 e. The van der Waals surface area contributed by atoms with Crippen LogP contribution in [0.5, 0.6) is 17.2 Å². The van der Waals surface area contributed by atoms with Crippen molar-refractivity contribution >= 4 is 93.3 Å². The zero-order valence-corrected chi connectivity index (χ0v) is 39.1. The quantitative estimate of drug-likeness (QED) is 0.0475. The van der Waals surface area contributed by atoms with Crippen molar-refractivity contribution < 1.29 is 53.2 Å². The zero-order valence-electron chi connectivity index (χ0n) is 36.6. The summed E-state index contributed by atoms with van der Waals surface area (Å²) < 4.78 is 89.1. The third-order valence-corrected chi connectivity index (χ3v) is 10.3. The molecule has 0 aliphatic carbocycles. The van der Waals surface area contributed by atoms with Gasteiger partial charge in [0, 0.05) is 11.1 Å². The normalized spacial score (nSPS) is 11.4. The van der Waals surface area contributed by atoms with Crippen molar-refractivity contribution in [1.82, 2.24) is 0 Å². The summed E-state index contributed by atoms with van der Waals surface area (Å²) in [7, 11) is -10.7. The van der Waals surface area contributed by atoms with Gasteiger partial charge in [-0.1, -0.05) is 18.2 Å². The highest BCUT2D eigenvalue weighted by molar-refractivity contribution is 7.86. The van der Waals surface area contributed by atoms with E-state index in [9.17, 15) is 23.2 Å². The van der Waals surface area contributed by atoms with Crippen molar-refractivity contribution in [1.29, 1.82) is 0 Å². The number of phenols is 2. The van der Waals surface area contributed by atoms with Gasteiger partial charge in [0.1, 0.15) is 27.8 Å². The number of hydrogen-bond acceptors (Lipinski definition) is 20. The number of nitrogens with one attached hydrogen (secondary N) is 1. The van der Waals surface area contributed by atoms with E-state index in [2.05, 4.69) is 46.2 Å². The van der Waals surface area contributed by atoms with Gasteiger partial charge in [-0.15, -0.1) is 35.5 Å². The summed E-state index contributed by atoms with van der Waals surface area (Å²) in [5.41, 5.74) is 8.08. The summed E-state index contributed by atoms with van der Waals surface area (Å²) in [6, 6.07) is 35.8. The third-order valence-electron chi connectivity index (χ3n) is 9.42. The van der Waals surface area contributed by atoms with Crippen LogP contribution >= 0.6 is 0 Å². The Kier molecular flexibility index (Phi) is 17.8. The van der Waals surface area contributed by atoms with Gasteiger partial charge in [-0.25, -0.2) is 0 Å². The fraction of sp³-hybridized carbons (Fsp3) is 0.111. The van der Waals surface area contributed by atoms with Gasteiger partial charge in [0.15, 0.2) is 12.5 Å². The van der Waals surface area contributed by atoms with E-state index in [0.29, 0.717) is 50.9 Å². The van der Waals surface area contributed by atoms with Gasteiger partial charge < -0.3 is 20.3 Å². The topological polar surface area (TPSA) is 317 Å². The van der Waals surface area contributed by atoms with E-state index >= 15 is 0 Å². The Balaban J connectivity index is 0.00000103. The Hall–Kier alpha value is -8.45. The maximum Gasteiger partial charge on any atom is 0.425 e. The molecule has 0 radical (unpaired) electrons. The van der Waals surface area contributed by atoms with E-state index in [-0.39, 0.29) is 28.8 Å². The van der Waals surface area contributed by atoms with Crippen LogP contribution in [0.2, 0.25) is 0 Å². The molecule has 354 valence electrons. The molecule has 0 amide bonds. The molecule has 21 nitrogen and oxygen atoms in total. The van der Waals surface area contributed by atoms with Crippen LogP contribution in [0.1, 0.15) is 22.3 Å². The van der Waals surface area contributed by atoms with Gasteiger partial charge in [-0.3, -0.25) is 4.55 Å². The Morgan fingerprint density at radius 3 is 1.52 bits per heavy atom. The molecule has 69 heavy (non-hydrogen) atoms. The van der Waals surface area contributed by atoms with E-state index in [1.807, 2.05) is 76.2 Å². The Morgan fingerprint density at radius 1 is 0.507 bits per heavy atom. The molecule has 0 aromatic heterocycles. The summed E-state index contributed by atoms with van der Waals surface area (Å²) in [5.74, 6) is 0.810. The number of nitrogens with zero attached hydrogens (tertiary/aromatic N) is 8. The summed E-state index contributed by atoms with van der Waals surface area (Å²) in [6.07, 6.45) is 0. The van der Waals surface area contributed by atoms with Crippen LogP contribution in [-0.2, 0) is 31.3 Å². The van der Waals surface area contributed by atoms with Crippen LogP contribution in [0.15, 0.2) is 173 Å². The molecule has 0 atom stereocenters. The van der Waals surface area contributed by atoms with E-state index in [0.717, 1.165) is 33.3 Å². The summed E-state index contributed by atoms with van der Waals surface area (Å²) in [6.45, 7) is 7.76. The molecule has 7 aromatic carbocycles. The van der Waals surface area contributed by atoms with Crippen molar-refractivity contribution in [2.45, 2.75) is 32.6 Å². The molecule has 4 N–H and O–H groups in total. The monoisotopic (exact) mass is 993 g/mol. The highest BCUT2D eigenvalue weighted by atomic mass is 32.2. The predicted octanol–water partition coefficient (Wildman–Crippen LogP) is 11.8. The average Bonchev–Trinajstić information content (AvgIpc) is 3.28. The van der Waals surface area contributed by atoms with Crippen LogP contribution in [-0.4, -0.2) is 55.2 Å². The molecule has 0 spiro atoms. The SMILES string of the molecule is Cc1cc(N=Nc2cc(C)c(N=Nc3ccc4cc(NCOc5ccc(O)cc5)ccc4c3O)cc2C)ccc1N=Nc1ccc(N=Nc2ccccc2S(=O)(=O)O)c(C)c1.O=S(=O)=O.O=S(=O)=O. The first kappa shape index (κ1) is 51.5. The van der Waals surface area contributed by atoms with Gasteiger partial charge in [0.25, 0.3) is 10.1 Å². The van der Waals surface area contributed by atoms with Gasteiger partial charge in [0.05, 0.1) is 34.1 Å². The molecule has 0 saturated heterocycles. The number of aromatic hydroxyl groups is 2. The van der Waals surface area contributed by atoms with Crippen molar-refractivity contribution in [3.05, 3.63) is 150 Å². The maximum atomic E-state index is 11.7. The minimum absolute atomic E-state index is 0.0190. The van der Waals surface area contributed by atoms with Gasteiger partial charge in [0.2, 0.25) is 0 Å². The number of phenolic OH excluding ortho intramolecular Hbond substituents is 2. The van der Waals surface area contributed by atoms with Crippen LogP contribution in [0.25, 0.3) is 10.8 Å². The second-order valence-corrected chi connectivity index (χ2v) is 16.6. The molecule has 0 unspecified atom stereocenters. The molecule has 0 fully saturated rings. The van der Waals surface area contributed by atoms with Crippen molar-refractivity contribution in [3.63, 3.8) is 0 Å². The van der Waals surface area contributed by atoms with Gasteiger partial charge >= 0.3 is 21.2 Å². The lowest BCUT2D eigenvalue weighted by Gasteiger charge is -2.11. The number of ether oxygens (including phenoxy) is 1. The van der Waals surface area contributed by atoms with E-state index < -0.39 is 31.3 Å². The van der Waals surface area contributed by atoms with Gasteiger partial charge in [-0.2, -0.15) is 39.1 Å². The summed E-state index contributed by atoms with van der Waals surface area (Å²) in [5, 5.41) is 59.9. The molecule has 24 heteroatoms. The number of anilines is 1. The first-order valence-corrected chi connectivity index (χ1v) is 23.2. The van der Waals surface area contributed by atoms with E-state index in [4.69, 9.17) is 30.0 Å². The van der Waals surface area contributed by atoms with Crippen LogP contribution in [0, 0.1) is 27.7 Å². The lowest BCUT2D eigenvalue weighted by atomic mass is 10.1. The lowest BCUT2D eigenvalue weighted by Crippen LogP contribution is -2.08. The molecular formula is C45H39N9O12S3. The number of rotatable bonds is 13. The molecule has 7 aromatic rings. The molecular weight excluding hydrogens is 955 g/mol. The molecule has 0 bridgehead atoms. The number of azo groups is 4.